The number of hydrogen-bond acceptors (Lipinski definition) is 6. The zero-order chi connectivity index (χ0) is 15.4. The van der Waals surface area contributed by atoms with Gasteiger partial charge in [-0.15, -0.1) is 0 Å². The molecule has 2 rings (SSSR count). The van der Waals surface area contributed by atoms with E-state index in [1.165, 1.54) is 7.11 Å². The lowest BCUT2D eigenvalue weighted by Gasteiger charge is -2.15. The summed E-state index contributed by atoms with van der Waals surface area (Å²) in [5, 5.41) is 3.11. The maximum Gasteiger partial charge on any atom is 0.337 e. The normalized spacial score (nSPS) is 10.1. The SMILES string of the molecule is COC(=O)c1ccc(Nc2ncc(C)c(N(C)C)n2)cc1. The zero-order valence-electron chi connectivity index (χ0n) is 12.5. The number of nitrogens with one attached hydrogen (secondary N) is 1. The molecule has 0 saturated carbocycles. The van der Waals surface area contributed by atoms with Crippen LogP contribution >= 0.6 is 0 Å². The molecule has 6 heteroatoms. The van der Waals surface area contributed by atoms with Gasteiger partial charge >= 0.3 is 5.97 Å². The molecule has 0 aliphatic carbocycles. The zero-order valence-corrected chi connectivity index (χ0v) is 12.5. The Balaban J connectivity index is 2.18. The highest BCUT2D eigenvalue weighted by atomic mass is 16.5. The summed E-state index contributed by atoms with van der Waals surface area (Å²) in [7, 11) is 5.23. The van der Waals surface area contributed by atoms with Gasteiger partial charge < -0.3 is 15.0 Å². The van der Waals surface area contributed by atoms with Crippen molar-refractivity contribution in [2.75, 3.05) is 31.4 Å². The number of nitrogens with zero attached hydrogens (tertiary/aromatic N) is 3. The Morgan fingerprint density at radius 1 is 1.24 bits per heavy atom. The van der Waals surface area contributed by atoms with Crippen molar-refractivity contribution in [3.8, 4) is 0 Å². The number of aromatic nitrogens is 2. The molecule has 2 aromatic rings. The van der Waals surface area contributed by atoms with E-state index in [1.54, 1.807) is 30.5 Å². The van der Waals surface area contributed by atoms with Crippen molar-refractivity contribution in [1.29, 1.82) is 0 Å². The molecule has 21 heavy (non-hydrogen) atoms. The number of aryl methyl sites for hydroxylation is 1. The van der Waals surface area contributed by atoms with Crippen LogP contribution in [-0.2, 0) is 4.74 Å². The molecule has 0 fully saturated rings. The number of esters is 1. The van der Waals surface area contributed by atoms with Crippen LogP contribution < -0.4 is 10.2 Å². The average molecular weight is 286 g/mol. The third-order valence-corrected chi connectivity index (χ3v) is 2.93. The van der Waals surface area contributed by atoms with Crippen LogP contribution in [0.25, 0.3) is 0 Å². The molecule has 0 atom stereocenters. The molecule has 110 valence electrons. The number of hydrogen-bond donors (Lipinski definition) is 1. The smallest absolute Gasteiger partial charge is 0.337 e. The van der Waals surface area contributed by atoms with E-state index in [2.05, 4.69) is 20.0 Å². The highest BCUT2D eigenvalue weighted by Gasteiger charge is 2.07. The Hall–Kier alpha value is -2.63. The summed E-state index contributed by atoms with van der Waals surface area (Å²) in [6.45, 7) is 1.96. The van der Waals surface area contributed by atoms with Crippen LogP contribution in [0, 0.1) is 6.92 Å². The summed E-state index contributed by atoms with van der Waals surface area (Å²) in [6.07, 6.45) is 1.77. The van der Waals surface area contributed by atoms with Gasteiger partial charge in [-0.2, -0.15) is 4.98 Å². The fourth-order valence-corrected chi connectivity index (χ4v) is 1.88. The van der Waals surface area contributed by atoms with E-state index >= 15 is 0 Å². The van der Waals surface area contributed by atoms with Crippen molar-refractivity contribution in [3.05, 3.63) is 41.6 Å². The quantitative estimate of drug-likeness (QED) is 0.870. The van der Waals surface area contributed by atoms with Gasteiger partial charge in [-0.05, 0) is 31.2 Å². The van der Waals surface area contributed by atoms with E-state index in [0.717, 1.165) is 17.1 Å². The second kappa shape index (κ2) is 6.21. The lowest BCUT2D eigenvalue weighted by molar-refractivity contribution is 0.0601. The largest absolute Gasteiger partial charge is 0.465 e. The van der Waals surface area contributed by atoms with Gasteiger partial charge in [0.25, 0.3) is 0 Å². The van der Waals surface area contributed by atoms with Crippen molar-refractivity contribution >= 4 is 23.4 Å². The van der Waals surface area contributed by atoms with Gasteiger partial charge in [0.05, 0.1) is 12.7 Å². The molecule has 0 amide bonds. The first-order chi connectivity index (χ1) is 10.0. The van der Waals surface area contributed by atoms with Crippen molar-refractivity contribution in [2.45, 2.75) is 6.92 Å². The summed E-state index contributed by atoms with van der Waals surface area (Å²) in [5.41, 5.74) is 2.31. The molecule has 6 nitrogen and oxygen atoms in total. The van der Waals surface area contributed by atoms with Crippen LogP contribution in [0.1, 0.15) is 15.9 Å². The Kier molecular flexibility index (Phi) is 4.37. The van der Waals surface area contributed by atoms with Crippen LogP contribution in [0.2, 0.25) is 0 Å². The monoisotopic (exact) mass is 286 g/mol. The van der Waals surface area contributed by atoms with Crippen LogP contribution in [0.15, 0.2) is 30.5 Å². The highest BCUT2D eigenvalue weighted by molar-refractivity contribution is 5.89. The van der Waals surface area contributed by atoms with E-state index in [9.17, 15) is 4.79 Å². The van der Waals surface area contributed by atoms with Crippen LogP contribution in [0.3, 0.4) is 0 Å². The molecule has 1 heterocycles. The van der Waals surface area contributed by atoms with E-state index in [1.807, 2.05) is 25.9 Å². The number of anilines is 3. The molecule has 0 aliphatic heterocycles. The molecule has 0 radical (unpaired) electrons. The topological polar surface area (TPSA) is 67.3 Å². The number of rotatable bonds is 4. The highest BCUT2D eigenvalue weighted by Crippen LogP contribution is 2.19. The van der Waals surface area contributed by atoms with Crippen molar-refractivity contribution < 1.29 is 9.53 Å². The summed E-state index contributed by atoms with van der Waals surface area (Å²) in [5.74, 6) is 1.01. The number of methoxy groups -OCH3 is 1. The van der Waals surface area contributed by atoms with Gasteiger partial charge in [0.15, 0.2) is 0 Å². The van der Waals surface area contributed by atoms with Crippen LogP contribution in [0.4, 0.5) is 17.5 Å². The number of benzene rings is 1. The van der Waals surface area contributed by atoms with Crippen LogP contribution in [-0.4, -0.2) is 37.1 Å². The molecule has 1 N–H and O–H groups in total. The number of ether oxygens (including phenoxy) is 1. The molecule has 0 saturated heterocycles. The predicted octanol–water partition coefficient (Wildman–Crippen LogP) is 2.38. The third-order valence-electron chi connectivity index (χ3n) is 2.93. The molecular weight excluding hydrogens is 268 g/mol. The predicted molar refractivity (Wildman–Crippen MR) is 82.2 cm³/mol. The molecular formula is C15H18N4O2. The molecule has 0 unspecified atom stereocenters. The van der Waals surface area contributed by atoms with Gasteiger partial charge in [-0.3, -0.25) is 0 Å². The summed E-state index contributed by atoms with van der Waals surface area (Å²) >= 11 is 0. The fourth-order valence-electron chi connectivity index (χ4n) is 1.88. The standard InChI is InChI=1S/C15H18N4O2/c1-10-9-16-15(18-13(10)19(2)3)17-12-7-5-11(6-8-12)14(20)21-4/h5-9H,1-4H3,(H,16,17,18). The second-order valence-corrected chi connectivity index (χ2v) is 4.79. The Morgan fingerprint density at radius 2 is 1.90 bits per heavy atom. The Morgan fingerprint density at radius 3 is 2.48 bits per heavy atom. The van der Waals surface area contributed by atoms with Gasteiger partial charge in [0.2, 0.25) is 5.95 Å². The summed E-state index contributed by atoms with van der Waals surface area (Å²) in [6, 6.07) is 6.94. The Bertz CT molecular complexity index is 639. The number of carbonyl (C=O) groups is 1. The van der Waals surface area contributed by atoms with Gasteiger partial charge in [-0.1, -0.05) is 0 Å². The molecule has 1 aromatic heterocycles. The third kappa shape index (κ3) is 3.47. The molecule has 0 bridgehead atoms. The maximum absolute atomic E-state index is 11.4. The van der Waals surface area contributed by atoms with E-state index in [4.69, 9.17) is 0 Å². The number of carbonyl (C=O) groups excluding carboxylic acids is 1. The van der Waals surface area contributed by atoms with Gasteiger partial charge in [0, 0.05) is 31.5 Å². The minimum Gasteiger partial charge on any atom is -0.465 e. The van der Waals surface area contributed by atoms with E-state index in [0.29, 0.717) is 11.5 Å². The maximum atomic E-state index is 11.4. The first-order valence-electron chi connectivity index (χ1n) is 6.47. The van der Waals surface area contributed by atoms with Gasteiger partial charge in [0.1, 0.15) is 5.82 Å². The molecule has 0 aliphatic rings. The molecule has 1 aromatic carbocycles. The van der Waals surface area contributed by atoms with Crippen LogP contribution in [0.5, 0.6) is 0 Å². The lowest BCUT2D eigenvalue weighted by Crippen LogP contribution is -2.13. The second-order valence-electron chi connectivity index (χ2n) is 4.79. The first kappa shape index (κ1) is 14.8. The van der Waals surface area contributed by atoms with E-state index < -0.39 is 0 Å². The average Bonchev–Trinajstić information content (AvgIpc) is 2.49. The minimum atomic E-state index is -0.358. The molecule has 0 spiro atoms. The van der Waals surface area contributed by atoms with Gasteiger partial charge in [-0.25, -0.2) is 9.78 Å². The Labute approximate surface area is 123 Å². The first-order valence-corrected chi connectivity index (χ1v) is 6.47. The van der Waals surface area contributed by atoms with E-state index in [-0.39, 0.29) is 5.97 Å². The van der Waals surface area contributed by atoms with Crippen molar-refractivity contribution in [1.82, 2.24) is 9.97 Å². The summed E-state index contributed by atoms with van der Waals surface area (Å²) < 4.78 is 4.66. The van der Waals surface area contributed by atoms with Crippen molar-refractivity contribution in [2.24, 2.45) is 0 Å². The fraction of sp³-hybridized carbons (Fsp3) is 0.267. The lowest BCUT2D eigenvalue weighted by atomic mass is 10.2. The van der Waals surface area contributed by atoms with Crippen molar-refractivity contribution in [3.63, 3.8) is 0 Å². The minimum absolute atomic E-state index is 0.358. The summed E-state index contributed by atoms with van der Waals surface area (Å²) in [4.78, 5) is 22.0.